The van der Waals surface area contributed by atoms with Crippen molar-refractivity contribution in [3.05, 3.63) is 0 Å². The molecule has 7 heteroatoms. The van der Waals surface area contributed by atoms with E-state index in [1.165, 1.54) is 0 Å². The van der Waals surface area contributed by atoms with Crippen LogP contribution in [0.25, 0.3) is 0 Å². The van der Waals surface area contributed by atoms with Gasteiger partial charge in [0, 0.05) is 6.15 Å². The third-order valence-corrected chi connectivity index (χ3v) is 4.15. The minimum atomic E-state index is 0.0417. The van der Waals surface area contributed by atoms with E-state index < -0.39 is 0 Å². The molecule has 1 aromatic heterocycles. The molecule has 0 unspecified atom stereocenters. The Morgan fingerprint density at radius 2 is 1.00 bits per heavy atom. The first-order valence-electron chi connectivity index (χ1n) is 5.25. The summed E-state index contributed by atoms with van der Waals surface area (Å²) >= 11 is 0. The molecule has 6 nitrogen and oxygen atoms in total. The molecule has 6 fully saturated rings. The summed E-state index contributed by atoms with van der Waals surface area (Å²) in [5.74, 6) is 0.125. The predicted molar refractivity (Wildman–Crippen MR) is 60.5 cm³/mol. The molecular formula is C8H14BN6-. The van der Waals surface area contributed by atoms with Crippen molar-refractivity contribution in [3.8, 4) is 0 Å². The van der Waals surface area contributed by atoms with E-state index >= 15 is 0 Å². The van der Waals surface area contributed by atoms with E-state index in [1.54, 1.807) is 25.3 Å². The van der Waals surface area contributed by atoms with Crippen LogP contribution in [-0.2, 0) is 0 Å². The van der Waals surface area contributed by atoms with Crippen LogP contribution in [0.4, 0.5) is 17.8 Å². The van der Waals surface area contributed by atoms with Crippen LogP contribution in [0.3, 0.4) is 0 Å². The van der Waals surface area contributed by atoms with Crippen molar-refractivity contribution in [1.82, 2.24) is 15.0 Å². The quantitative estimate of drug-likeness (QED) is 0.516. The highest BCUT2D eigenvalue weighted by Crippen LogP contribution is 2.86. The van der Waals surface area contributed by atoms with Crippen LogP contribution in [0, 0.1) is 5.41 Å². The van der Waals surface area contributed by atoms with Gasteiger partial charge in [0.25, 0.3) is 0 Å². The molecule has 0 amide bonds. The van der Waals surface area contributed by atoms with Gasteiger partial charge in [-0.25, -0.2) is 0 Å². The minimum absolute atomic E-state index is 0.0417. The smallest absolute Gasteiger partial charge is 0.226 e. The molecule has 6 saturated heterocycles. The standard InChI is InChI=1S/C5H8B.C3H6N6/c1-5-2-6(1,3-5)4-5;4-1-7-2(5)9-3(6)8-1/h1-4H2;(H6,4,5,6,7,8,9)/q-1;. The molecule has 6 aliphatic rings. The summed E-state index contributed by atoms with van der Waals surface area (Å²) in [7, 11) is 0. The van der Waals surface area contributed by atoms with E-state index in [0.717, 1.165) is 5.41 Å². The summed E-state index contributed by atoms with van der Waals surface area (Å²) in [5, 5.41) is 0. The lowest BCUT2D eigenvalue weighted by molar-refractivity contribution is 0.192. The maximum Gasteiger partial charge on any atom is 0.226 e. The van der Waals surface area contributed by atoms with Crippen molar-refractivity contribution in [2.75, 3.05) is 17.2 Å². The lowest BCUT2D eigenvalue weighted by Gasteiger charge is -2.96. The summed E-state index contributed by atoms with van der Waals surface area (Å²) < 4.78 is 0. The molecule has 0 aromatic carbocycles. The zero-order chi connectivity index (χ0) is 10.7. The van der Waals surface area contributed by atoms with Crippen LogP contribution in [0.2, 0.25) is 25.3 Å². The molecule has 15 heavy (non-hydrogen) atoms. The fourth-order valence-electron chi connectivity index (χ4n) is 3.74. The summed E-state index contributed by atoms with van der Waals surface area (Å²) in [6, 6.07) is 0. The first-order chi connectivity index (χ1) is 7.01. The molecule has 0 radical (unpaired) electrons. The second-order valence-corrected chi connectivity index (χ2v) is 5.46. The van der Waals surface area contributed by atoms with Crippen LogP contribution in [0.5, 0.6) is 0 Å². The first kappa shape index (κ1) is 8.76. The highest BCUT2D eigenvalue weighted by Gasteiger charge is 2.70. The van der Waals surface area contributed by atoms with Crippen molar-refractivity contribution in [2.45, 2.75) is 25.3 Å². The van der Waals surface area contributed by atoms with E-state index in [4.69, 9.17) is 17.2 Å². The molecule has 2 bridgehead atoms. The van der Waals surface area contributed by atoms with Crippen LogP contribution < -0.4 is 17.2 Å². The van der Waals surface area contributed by atoms with Gasteiger partial charge in [-0.05, 0) is 0 Å². The number of aromatic nitrogens is 3. The van der Waals surface area contributed by atoms with Crippen LogP contribution in [-0.4, -0.2) is 21.1 Å². The second-order valence-electron chi connectivity index (χ2n) is 5.46. The Morgan fingerprint density at radius 1 is 0.800 bits per heavy atom. The van der Waals surface area contributed by atoms with Gasteiger partial charge in [0.1, 0.15) is 0 Å². The van der Waals surface area contributed by atoms with Crippen molar-refractivity contribution >= 4 is 24.0 Å². The predicted octanol–water partition coefficient (Wildman–Crippen LogP) is 0.0806. The average molecular weight is 205 g/mol. The molecule has 0 spiro atoms. The van der Waals surface area contributed by atoms with Crippen LogP contribution >= 0.6 is 0 Å². The lowest BCUT2D eigenvalue weighted by Crippen LogP contribution is -2.83. The fraction of sp³-hybridized carbons (Fsp3) is 0.625. The third kappa shape index (κ3) is 1.15. The SMILES string of the molecule is C1[B-]23CC1(C2)C3.Nc1nc(N)nc(N)n1. The van der Waals surface area contributed by atoms with E-state index in [-0.39, 0.29) is 17.8 Å². The third-order valence-electron chi connectivity index (χ3n) is 4.15. The Balaban J connectivity index is 0.000000102. The van der Waals surface area contributed by atoms with Crippen molar-refractivity contribution in [1.29, 1.82) is 0 Å². The maximum atomic E-state index is 5.14. The van der Waals surface area contributed by atoms with Gasteiger partial charge in [0.05, 0.1) is 0 Å². The van der Waals surface area contributed by atoms with Gasteiger partial charge >= 0.3 is 0 Å². The Bertz CT molecular complexity index is 336. The lowest BCUT2D eigenvalue weighted by atomic mass is 8.79. The van der Waals surface area contributed by atoms with Gasteiger partial charge in [-0.1, -0.05) is 0 Å². The largest absolute Gasteiger partial charge is 0.368 e. The van der Waals surface area contributed by atoms with Gasteiger partial charge in [-0.15, -0.1) is 0 Å². The Hall–Kier alpha value is -1.53. The van der Waals surface area contributed by atoms with E-state index in [0.29, 0.717) is 6.15 Å². The zero-order valence-corrected chi connectivity index (χ0v) is 8.48. The van der Waals surface area contributed by atoms with E-state index in [1.807, 2.05) is 0 Å². The number of hydrogen-bond donors (Lipinski definition) is 3. The molecule has 0 atom stereocenters. The minimum Gasteiger partial charge on any atom is -0.368 e. The van der Waals surface area contributed by atoms with Gasteiger partial charge in [0.15, 0.2) is 0 Å². The molecular weight excluding hydrogens is 191 g/mol. The monoisotopic (exact) mass is 205 g/mol. The molecule has 0 saturated carbocycles. The second kappa shape index (κ2) is 2.34. The Morgan fingerprint density at radius 3 is 1.13 bits per heavy atom. The summed E-state index contributed by atoms with van der Waals surface area (Å²) in [4.78, 5) is 10.5. The molecule has 6 N–H and O–H groups in total. The number of nitrogens with two attached hydrogens (primary N) is 3. The summed E-state index contributed by atoms with van der Waals surface area (Å²) in [5.41, 5.74) is 16.4. The maximum absolute atomic E-state index is 5.14. The molecule has 7 rings (SSSR count). The molecule has 0 aliphatic carbocycles. The summed E-state index contributed by atoms with van der Waals surface area (Å²) in [6.45, 7) is 0. The number of hydrogen-bond acceptors (Lipinski definition) is 6. The topological polar surface area (TPSA) is 117 Å². The Kier molecular flexibility index (Phi) is 1.37. The Labute approximate surface area is 87.6 Å². The number of nitrogens with zero attached hydrogens (tertiary/aromatic N) is 3. The number of rotatable bonds is 0. The first-order valence-corrected chi connectivity index (χ1v) is 5.25. The molecule has 1 aromatic rings. The van der Waals surface area contributed by atoms with Crippen LogP contribution in [0.15, 0.2) is 0 Å². The van der Waals surface area contributed by atoms with E-state index in [2.05, 4.69) is 15.0 Å². The van der Waals surface area contributed by atoms with Crippen molar-refractivity contribution < 1.29 is 0 Å². The number of anilines is 3. The van der Waals surface area contributed by atoms with Gasteiger partial charge in [-0.2, -0.15) is 45.6 Å². The fourth-order valence-corrected chi connectivity index (χ4v) is 3.74. The number of nitrogen functional groups attached to an aromatic ring is 3. The molecule has 80 valence electrons. The highest BCUT2D eigenvalue weighted by atomic mass is 15.2. The molecule has 7 heterocycles. The van der Waals surface area contributed by atoms with Crippen molar-refractivity contribution in [3.63, 3.8) is 0 Å². The normalized spacial score (nSPS) is 37.6. The average Bonchev–Trinajstić information content (AvgIpc) is 1.70. The molecule has 6 aliphatic heterocycles. The summed E-state index contributed by atoms with van der Waals surface area (Å²) in [6.07, 6.45) is 7.22. The van der Waals surface area contributed by atoms with Crippen molar-refractivity contribution in [2.24, 2.45) is 5.41 Å². The highest BCUT2D eigenvalue weighted by molar-refractivity contribution is 6.94. The van der Waals surface area contributed by atoms with Gasteiger partial charge < -0.3 is 17.2 Å². The van der Waals surface area contributed by atoms with Gasteiger partial charge in [0.2, 0.25) is 17.8 Å². The van der Waals surface area contributed by atoms with Gasteiger partial charge in [-0.3, -0.25) is 0 Å². The van der Waals surface area contributed by atoms with E-state index in [9.17, 15) is 0 Å². The van der Waals surface area contributed by atoms with Crippen LogP contribution in [0.1, 0.15) is 0 Å². The zero-order valence-electron chi connectivity index (χ0n) is 8.48.